The van der Waals surface area contributed by atoms with E-state index in [2.05, 4.69) is 4.99 Å². The first kappa shape index (κ1) is 22.5. The molecule has 182 valence electrons. The minimum atomic E-state index is -0.695. The summed E-state index contributed by atoms with van der Waals surface area (Å²) in [5.74, 6) is -0.403. The first-order chi connectivity index (χ1) is 17.9. The highest BCUT2D eigenvalue weighted by Gasteiger charge is 2.47. The SMILES string of the molecule is Cn1c(O)[n+](C)c2c(c1=O)C(c1cccc(OC(=O)c3ccccc3)c1)C1=C(O)c3ccccc3C1=[NH+]2. The third-order valence-electron chi connectivity index (χ3n) is 6.93. The number of hydrogen-bond acceptors (Lipinski definition) is 5. The highest BCUT2D eigenvalue weighted by molar-refractivity contribution is 6.21. The van der Waals surface area contributed by atoms with Crippen LogP contribution in [0.4, 0.5) is 5.82 Å². The lowest BCUT2D eigenvalue weighted by Gasteiger charge is -2.22. The maximum atomic E-state index is 13.5. The molecule has 8 heteroatoms. The van der Waals surface area contributed by atoms with Crippen molar-refractivity contribution < 1.29 is 29.3 Å². The van der Waals surface area contributed by atoms with Crippen molar-refractivity contribution in [1.29, 1.82) is 0 Å². The smallest absolute Gasteiger partial charge is 0.507 e. The van der Waals surface area contributed by atoms with Crippen molar-refractivity contribution >= 4 is 23.3 Å². The molecule has 3 N–H and O–H groups in total. The van der Waals surface area contributed by atoms with E-state index in [4.69, 9.17) is 4.74 Å². The van der Waals surface area contributed by atoms with Gasteiger partial charge in [0.2, 0.25) is 0 Å². The third-order valence-corrected chi connectivity index (χ3v) is 6.93. The van der Waals surface area contributed by atoms with E-state index in [0.29, 0.717) is 45.1 Å². The number of aromatic hydroxyl groups is 1. The molecule has 0 radical (unpaired) electrons. The van der Waals surface area contributed by atoms with Gasteiger partial charge >= 0.3 is 23.4 Å². The lowest BCUT2D eigenvalue weighted by molar-refractivity contribution is -0.723. The molecule has 0 bridgehead atoms. The van der Waals surface area contributed by atoms with E-state index in [1.807, 2.05) is 36.4 Å². The summed E-state index contributed by atoms with van der Waals surface area (Å²) >= 11 is 0. The Kier molecular flexibility index (Phi) is 5.05. The van der Waals surface area contributed by atoms with Crippen molar-refractivity contribution in [2.24, 2.45) is 14.1 Å². The van der Waals surface area contributed by atoms with E-state index in [0.717, 1.165) is 10.1 Å². The molecule has 1 aromatic heterocycles. The van der Waals surface area contributed by atoms with Crippen LogP contribution in [-0.4, -0.2) is 26.5 Å². The number of carbonyl (C=O) groups is 1. The Labute approximate surface area is 211 Å². The van der Waals surface area contributed by atoms with Crippen molar-refractivity contribution in [3.8, 4) is 11.8 Å². The first-order valence-corrected chi connectivity index (χ1v) is 11.7. The van der Waals surface area contributed by atoms with Crippen LogP contribution in [-0.2, 0) is 14.1 Å². The number of hydrogen-bond donors (Lipinski definition) is 3. The van der Waals surface area contributed by atoms with E-state index in [-0.39, 0.29) is 11.8 Å². The number of rotatable bonds is 3. The van der Waals surface area contributed by atoms with Crippen LogP contribution in [0.5, 0.6) is 11.8 Å². The Morgan fingerprint density at radius 2 is 1.68 bits per heavy atom. The van der Waals surface area contributed by atoms with Crippen LogP contribution in [0.1, 0.15) is 38.5 Å². The summed E-state index contributed by atoms with van der Waals surface area (Å²) in [7, 11) is 3.15. The molecule has 3 aromatic carbocycles. The van der Waals surface area contributed by atoms with Gasteiger partial charge in [-0.15, -0.1) is 9.13 Å². The fourth-order valence-electron chi connectivity index (χ4n) is 5.12. The van der Waals surface area contributed by atoms with Crippen molar-refractivity contribution in [3.05, 3.63) is 123 Å². The maximum Gasteiger partial charge on any atom is 0.519 e. The number of esters is 1. The fourth-order valence-corrected chi connectivity index (χ4v) is 5.12. The van der Waals surface area contributed by atoms with Gasteiger partial charge in [-0.25, -0.2) is 14.6 Å². The standard InChI is InChI=1S/C29H21N3O5/c1-31-26-23(27(34)32(2)29(31)36)21(22-24(30-26)19-13-6-7-14-20(19)25(22)33)17-11-8-12-18(15-17)37-28(35)16-9-4-3-5-10-16/h3-15,21H,1-2H3,(H,30,33,34)/p+2. The normalized spacial score (nSPS) is 15.5. The van der Waals surface area contributed by atoms with Gasteiger partial charge in [0.25, 0.3) is 0 Å². The Hall–Kier alpha value is -4.98. The molecule has 6 rings (SSSR count). The quantitative estimate of drug-likeness (QED) is 0.229. The van der Waals surface area contributed by atoms with E-state index in [1.165, 1.54) is 11.6 Å². The van der Waals surface area contributed by atoms with E-state index < -0.39 is 17.4 Å². The van der Waals surface area contributed by atoms with Gasteiger partial charge in [0.05, 0.1) is 17.1 Å². The number of nitrogens with zero attached hydrogens (tertiary/aromatic N) is 2. The predicted molar refractivity (Wildman–Crippen MR) is 135 cm³/mol. The fraction of sp³-hybridized carbons (Fsp3) is 0.103. The molecule has 0 saturated heterocycles. The molecule has 0 fully saturated rings. The summed E-state index contributed by atoms with van der Waals surface area (Å²) in [4.78, 5) is 29.5. The second-order valence-corrected chi connectivity index (χ2v) is 9.05. The van der Waals surface area contributed by atoms with Gasteiger partial charge in [-0.05, 0) is 35.9 Å². The number of allylic oxidation sites excluding steroid dienone is 1. The lowest BCUT2D eigenvalue weighted by Crippen LogP contribution is -2.75. The Morgan fingerprint density at radius 3 is 2.43 bits per heavy atom. The van der Waals surface area contributed by atoms with Gasteiger partial charge in [-0.2, -0.15) is 0 Å². The molecule has 1 aliphatic heterocycles. The molecule has 4 aromatic rings. The Bertz CT molecular complexity index is 1730. The number of aromatic nitrogens is 2. The van der Waals surface area contributed by atoms with Gasteiger partial charge in [0.15, 0.2) is 11.3 Å². The van der Waals surface area contributed by atoms with E-state index in [9.17, 15) is 19.8 Å². The molecule has 1 aliphatic carbocycles. The lowest BCUT2D eigenvalue weighted by atomic mass is 9.81. The Balaban J connectivity index is 1.56. The zero-order chi connectivity index (χ0) is 25.8. The van der Waals surface area contributed by atoms with Crippen LogP contribution in [0.15, 0.2) is 89.2 Å². The Morgan fingerprint density at radius 1 is 0.973 bits per heavy atom. The molecule has 1 unspecified atom stereocenters. The highest BCUT2D eigenvalue weighted by Crippen LogP contribution is 2.43. The number of aliphatic hydroxyl groups excluding tert-OH is 1. The zero-order valence-corrected chi connectivity index (χ0v) is 20.1. The molecule has 8 nitrogen and oxygen atoms in total. The maximum absolute atomic E-state index is 13.5. The minimum absolute atomic E-state index is 0.0678. The predicted octanol–water partition coefficient (Wildman–Crippen LogP) is 1.76. The van der Waals surface area contributed by atoms with Crippen LogP contribution in [0.3, 0.4) is 0 Å². The average Bonchev–Trinajstić information content (AvgIpc) is 3.21. The summed E-state index contributed by atoms with van der Waals surface area (Å²) < 4.78 is 8.32. The number of carbonyl (C=O) groups excluding carboxylic acids is 1. The van der Waals surface area contributed by atoms with E-state index in [1.54, 1.807) is 49.5 Å². The summed E-state index contributed by atoms with van der Waals surface area (Å²) in [6.07, 6.45) is 0. The van der Waals surface area contributed by atoms with Crippen molar-refractivity contribution in [1.82, 2.24) is 4.57 Å². The molecule has 1 atom stereocenters. The molecule has 37 heavy (non-hydrogen) atoms. The van der Waals surface area contributed by atoms with Crippen LogP contribution in [0, 0.1) is 0 Å². The van der Waals surface area contributed by atoms with Gasteiger partial charge in [-0.1, -0.05) is 48.5 Å². The summed E-state index contributed by atoms with van der Waals surface area (Å²) in [6, 6.07) is 22.8. The molecular weight excluding hydrogens is 470 g/mol. The largest absolute Gasteiger partial charge is 0.519 e. The second-order valence-electron chi connectivity index (χ2n) is 9.05. The van der Waals surface area contributed by atoms with Gasteiger partial charge in [0.1, 0.15) is 25.6 Å². The van der Waals surface area contributed by atoms with Crippen LogP contribution >= 0.6 is 0 Å². The number of fused-ring (bicyclic) bond motifs is 4. The molecular formula is C29H23N3O5+2. The zero-order valence-electron chi connectivity index (χ0n) is 20.1. The van der Waals surface area contributed by atoms with Gasteiger partial charge in [-0.3, -0.25) is 0 Å². The summed E-state index contributed by atoms with van der Waals surface area (Å²) in [5.41, 5.74) is 3.64. The van der Waals surface area contributed by atoms with E-state index >= 15 is 0 Å². The molecule has 0 saturated carbocycles. The van der Waals surface area contributed by atoms with Crippen LogP contribution in [0.25, 0.3) is 5.76 Å². The number of aliphatic hydroxyl groups is 1. The third kappa shape index (κ3) is 3.37. The molecule has 0 amide bonds. The summed E-state index contributed by atoms with van der Waals surface area (Å²) in [6.45, 7) is 0. The number of nitrogens with one attached hydrogen (secondary N) is 1. The first-order valence-electron chi connectivity index (χ1n) is 11.7. The van der Waals surface area contributed by atoms with Crippen molar-refractivity contribution in [2.45, 2.75) is 5.92 Å². The van der Waals surface area contributed by atoms with Crippen LogP contribution < -0.4 is 19.9 Å². The summed E-state index contributed by atoms with van der Waals surface area (Å²) in [5, 5.41) is 21.9. The number of benzene rings is 3. The van der Waals surface area contributed by atoms with Crippen molar-refractivity contribution in [3.63, 3.8) is 0 Å². The molecule has 2 heterocycles. The van der Waals surface area contributed by atoms with Gasteiger partial charge in [0, 0.05) is 11.1 Å². The monoisotopic (exact) mass is 493 g/mol. The van der Waals surface area contributed by atoms with Crippen LogP contribution in [0.2, 0.25) is 0 Å². The average molecular weight is 494 g/mol. The molecule has 2 aliphatic rings. The molecule has 0 spiro atoms. The highest BCUT2D eigenvalue weighted by atomic mass is 16.5. The van der Waals surface area contributed by atoms with Crippen molar-refractivity contribution in [2.75, 3.05) is 0 Å². The topological polar surface area (TPSA) is 107 Å². The number of ether oxygens (including phenoxy) is 1. The van der Waals surface area contributed by atoms with Gasteiger partial charge < -0.3 is 14.9 Å². The minimum Gasteiger partial charge on any atom is -0.507 e. The second kappa shape index (κ2) is 8.30.